The molecule has 4 nitrogen and oxygen atoms in total. The molecule has 1 heterocycles. The first-order valence-electron chi connectivity index (χ1n) is 5.60. The maximum Gasteiger partial charge on any atom is 0.247 e. The number of hydrogen-bond donors (Lipinski definition) is 0. The second-order valence-corrected chi connectivity index (χ2v) is 4.50. The van der Waals surface area contributed by atoms with E-state index in [-0.39, 0.29) is 24.9 Å². The van der Waals surface area contributed by atoms with Gasteiger partial charge in [0, 0.05) is 12.7 Å². The van der Waals surface area contributed by atoms with Gasteiger partial charge < -0.3 is 9.80 Å². The van der Waals surface area contributed by atoms with E-state index in [1.165, 1.54) is 10.5 Å². The molecule has 0 aromatic heterocycles. The monoisotopic (exact) mass is 232 g/mol. The van der Waals surface area contributed by atoms with Crippen LogP contribution in [0.25, 0.3) is 0 Å². The van der Waals surface area contributed by atoms with E-state index in [1.807, 2.05) is 32.0 Å². The van der Waals surface area contributed by atoms with Crippen LogP contribution in [0, 0.1) is 13.8 Å². The number of benzene rings is 1. The lowest BCUT2D eigenvalue weighted by atomic mass is 10.1. The van der Waals surface area contributed by atoms with Crippen LogP contribution < -0.4 is 4.90 Å². The first-order valence-corrected chi connectivity index (χ1v) is 5.60. The highest BCUT2D eigenvalue weighted by atomic mass is 16.2. The maximum absolute atomic E-state index is 11.9. The summed E-state index contributed by atoms with van der Waals surface area (Å²) >= 11 is 0. The number of likely N-dealkylation sites (N-methyl/N-ethyl adjacent to an activating group) is 1. The molecule has 0 aliphatic carbocycles. The number of aryl methyl sites for hydroxylation is 2. The van der Waals surface area contributed by atoms with Gasteiger partial charge >= 0.3 is 0 Å². The van der Waals surface area contributed by atoms with Crippen molar-refractivity contribution in [3.63, 3.8) is 0 Å². The zero-order valence-electron chi connectivity index (χ0n) is 10.4. The summed E-state index contributed by atoms with van der Waals surface area (Å²) in [5.74, 6) is -0.0572. The maximum atomic E-state index is 11.9. The van der Waals surface area contributed by atoms with Crippen molar-refractivity contribution in [1.29, 1.82) is 0 Å². The molecule has 90 valence electrons. The van der Waals surface area contributed by atoms with Gasteiger partial charge in [-0.15, -0.1) is 0 Å². The van der Waals surface area contributed by atoms with Gasteiger partial charge in [0.1, 0.15) is 6.54 Å². The number of anilines is 1. The Bertz CT molecular complexity index is 482. The quantitative estimate of drug-likeness (QED) is 0.727. The van der Waals surface area contributed by atoms with Crippen LogP contribution in [0.15, 0.2) is 18.2 Å². The van der Waals surface area contributed by atoms with Crippen LogP contribution in [0.1, 0.15) is 11.1 Å². The zero-order valence-corrected chi connectivity index (χ0v) is 10.4. The lowest BCUT2D eigenvalue weighted by molar-refractivity contribution is -0.136. The summed E-state index contributed by atoms with van der Waals surface area (Å²) in [5.41, 5.74) is 3.11. The second kappa shape index (κ2) is 4.20. The number of carbonyl (C=O) groups excluding carboxylic acids is 2. The van der Waals surface area contributed by atoms with E-state index in [4.69, 9.17) is 0 Å². The highest BCUT2D eigenvalue weighted by Gasteiger charge is 2.28. The lowest BCUT2D eigenvalue weighted by Crippen LogP contribution is -2.52. The molecule has 1 aromatic rings. The van der Waals surface area contributed by atoms with Crippen molar-refractivity contribution in [1.82, 2.24) is 4.90 Å². The Labute approximate surface area is 101 Å². The highest BCUT2D eigenvalue weighted by molar-refractivity contribution is 6.04. The molecular weight excluding hydrogens is 216 g/mol. The molecule has 1 aromatic carbocycles. The van der Waals surface area contributed by atoms with Gasteiger partial charge in [0.25, 0.3) is 0 Å². The Morgan fingerprint density at radius 2 is 1.71 bits per heavy atom. The second-order valence-electron chi connectivity index (χ2n) is 4.50. The normalized spacial score (nSPS) is 16.6. The van der Waals surface area contributed by atoms with Gasteiger partial charge in [0.05, 0.1) is 6.54 Å². The third-order valence-electron chi connectivity index (χ3n) is 3.19. The largest absolute Gasteiger partial charge is 0.335 e. The van der Waals surface area contributed by atoms with E-state index in [0.29, 0.717) is 0 Å². The van der Waals surface area contributed by atoms with Crippen LogP contribution in [0.4, 0.5) is 5.69 Å². The van der Waals surface area contributed by atoms with Gasteiger partial charge in [0.2, 0.25) is 11.8 Å². The molecule has 0 unspecified atom stereocenters. The summed E-state index contributed by atoms with van der Waals surface area (Å²) in [5, 5.41) is 0. The minimum absolute atomic E-state index is 0.0252. The first-order chi connectivity index (χ1) is 7.99. The van der Waals surface area contributed by atoms with Crippen molar-refractivity contribution in [2.45, 2.75) is 13.8 Å². The predicted molar refractivity (Wildman–Crippen MR) is 65.9 cm³/mol. The molecule has 2 rings (SSSR count). The molecule has 0 bridgehead atoms. The van der Waals surface area contributed by atoms with E-state index < -0.39 is 0 Å². The third kappa shape index (κ3) is 2.16. The standard InChI is InChI=1S/C13H16N2O2/c1-9-4-5-11(6-10(9)2)15-8-12(16)14(3)7-13(15)17/h4-6H,7-8H2,1-3H3. The Hall–Kier alpha value is -1.84. The summed E-state index contributed by atoms with van der Waals surface area (Å²) < 4.78 is 0. The van der Waals surface area contributed by atoms with Crippen molar-refractivity contribution in [2.75, 3.05) is 25.0 Å². The van der Waals surface area contributed by atoms with Crippen molar-refractivity contribution < 1.29 is 9.59 Å². The molecular formula is C13H16N2O2. The molecule has 0 radical (unpaired) electrons. The molecule has 2 amide bonds. The number of hydrogen-bond acceptors (Lipinski definition) is 2. The molecule has 1 aliphatic heterocycles. The van der Waals surface area contributed by atoms with Gasteiger partial charge in [-0.3, -0.25) is 9.59 Å². The molecule has 1 fully saturated rings. The van der Waals surface area contributed by atoms with E-state index in [9.17, 15) is 9.59 Å². The SMILES string of the molecule is Cc1ccc(N2CC(=O)N(C)CC2=O)cc1C. The van der Waals surface area contributed by atoms with Gasteiger partial charge in [-0.2, -0.15) is 0 Å². The predicted octanol–water partition coefficient (Wildman–Crippen LogP) is 1.11. The van der Waals surface area contributed by atoms with Crippen LogP contribution in [0.3, 0.4) is 0 Å². The summed E-state index contributed by atoms with van der Waals surface area (Å²) in [6.45, 7) is 4.32. The molecule has 1 saturated heterocycles. The van der Waals surface area contributed by atoms with Gasteiger partial charge in [-0.1, -0.05) is 6.07 Å². The van der Waals surface area contributed by atoms with E-state index >= 15 is 0 Å². The smallest absolute Gasteiger partial charge is 0.247 e. The fraction of sp³-hybridized carbons (Fsp3) is 0.385. The van der Waals surface area contributed by atoms with Crippen LogP contribution >= 0.6 is 0 Å². The number of carbonyl (C=O) groups is 2. The van der Waals surface area contributed by atoms with Crippen LogP contribution in [-0.2, 0) is 9.59 Å². The van der Waals surface area contributed by atoms with E-state index in [0.717, 1.165) is 11.3 Å². The Morgan fingerprint density at radius 3 is 2.35 bits per heavy atom. The van der Waals surface area contributed by atoms with Gasteiger partial charge in [-0.25, -0.2) is 0 Å². The summed E-state index contributed by atoms with van der Waals surface area (Å²) in [6.07, 6.45) is 0. The van der Waals surface area contributed by atoms with Crippen molar-refractivity contribution in [2.24, 2.45) is 0 Å². The average molecular weight is 232 g/mol. The van der Waals surface area contributed by atoms with E-state index in [1.54, 1.807) is 11.9 Å². The number of rotatable bonds is 1. The fourth-order valence-corrected chi connectivity index (χ4v) is 1.85. The van der Waals surface area contributed by atoms with Crippen molar-refractivity contribution in [3.8, 4) is 0 Å². The lowest BCUT2D eigenvalue weighted by Gasteiger charge is -2.31. The minimum Gasteiger partial charge on any atom is -0.335 e. The van der Waals surface area contributed by atoms with Crippen LogP contribution in [0.5, 0.6) is 0 Å². The summed E-state index contributed by atoms with van der Waals surface area (Å²) in [6, 6.07) is 5.81. The molecule has 1 aliphatic rings. The van der Waals surface area contributed by atoms with Crippen molar-refractivity contribution >= 4 is 17.5 Å². The Balaban J connectivity index is 2.30. The van der Waals surface area contributed by atoms with E-state index in [2.05, 4.69) is 0 Å². The summed E-state index contributed by atoms with van der Waals surface area (Å²) in [7, 11) is 1.65. The first kappa shape index (κ1) is 11.6. The van der Waals surface area contributed by atoms with Gasteiger partial charge in [-0.05, 0) is 37.1 Å². The van der Waals surface area contributed by atoms with Gasteiger partial charge in [0.15, 0.2) is 0 Å². The fourth-order valence-electron chi connectivity index (χ4n) is 1.85. The Kier molecular flexibility index (Phi) is 2.88. The molecule has 0 spiro atoms. The number of nitrogens with zero attached hydrogens (tertiary/aromatic N) is 2. The molecule has 0 saturated carbocycles. The zero-order chi connectivity index (χ0) is 12.6. The molecule has 17 heavy (non-hydrogen) atoms. The highest BCUT2D eigenvalue weighted by Crippen LogP contribution is 2.20. The topological polar surface area (TPSA) is 40.6 Å². The average Bonchev–Trinajstić information content (AvgIpc) is 2.27. The molecule has 0 atom stereocenters. The van der Waals surface area contributed by atoms with Crippen LogP contribution in [0.2, 0.25) is 0 Å². The minimum atomic E-state index is -0.0321. The van der Waals surface area contributed by atoms with Crippen LogP contribution in [-0.4, -0.2) is 36.9 Å². The number of amides is 2. The van der Waals surface area contributed by atoms with Crippen molar-refractivity contribution in [3.05, 3.63) is 29.3 Å². The third-order valence-corrected chi connectivity index (χ3v) is 3.19. The number of piperazine rings is 1. The molecule has 4 heteroatoms. The molecule has 0 N–H and O–H groups in total. The Morgan fingerprint density at radius 1 is 1.00 bits per heavy atom. The summed E-state index contributed by atoms with van der Waals surface area (Å²) in [4.78, 5) is 26.5.